The molecule has 120 valence electrons. The molecule has 3 aromatic rings. The molecule has 0 unspecified atom stereocenters. The van der Waals surface area contributed by atoms with E-state index in [0.29, 0.717) is 11.7 Å². The van der Waals surface area contributed by atoms with E-state index in [2.05, 4.69) is 46.6 Å². The number of benzene rings is 2. The topological polar surface area (TPSA) is 42.2 Å². The van der Waals surface area contributed by atoms with Crippen molar-refractivity contribution in [3.8, 4) is 5.69 Å². The normalized spacial score (nSPS) is 11.3. The Hall–Kier alpha value is -2.79. The predicted molar refractivity (Wildman–Crippen MR) is 99.7 cm³/mol. The molecule has 0 saturated carbocycles. The van der Waals surface area contributed by atoms with Gasteiger partial charge in [-0.1, -0.05) is 48.0 Å². The van der Waals surface area contributed by atoms with Crippen LogP contribution in [-0.2, 0) is 6.54 Å². The average molecular weight is 334 g/mol. The fourth-order valence-corrected chi connectivity index (χ4v) is 2.37. The number of para-hydroxylation sites is 1. The van der Waals surface area contributed by atoms with Gasteiger partial charge in [-0.15, -0.1) is 0 Å². The molecule has 4 nitrogen and oxygen atoms in total. The third-order valence-corrected chi connectivity index (χ3v) is 3.75. The van der Waals surface area contributed by atoms with Gasteiger partial charge >= 0.3 is 0 Å². The van der Waals surface area contributed by atoms with E-state index >= 15 is 0 Å². The summed E-state index contributed by atoms with van der Waals surface area (Å²) < 4.78 is 1.79. The van der Waals surface area contributed by atoms with E-state index in [-0.39, 0.29) is 0 Å². The van der Waals surface area contributed by atoms with E-state index in [0.717, 1.165) is 11.0 Å². The van der Waals surface area contributed by atoms with Crippen LogP contribution in [0.2, 0.25) is 0 Å². The third kappa shape index (κ3) is 4.36. The van der Waals surface area contributed by atoms with Gasteiger partial charge in [0.15, 0.2) is 5.11 Å². The van der Waals surface area contributed by atoms with Crippen LogP contribution in [0.1, 0.15) is 11.1 Å². The van der Waals surface area contributed by atoms with Crippen molar-refractivity contribution in [3.05, 3.63) is 89.5 Å². The molecule has 0 aliphatic rings. The van der Waals surface area contributed by atoms with Crippen LogP contribution < -0.4 is 10.7 Å². The van der Waals surface area contributed by atoms with Crippen LogP contribution in [-0.4, -0.2) is 14.9 Å². The van der Waals surface area contributed by atoms with Gasteiger partial charge in [-0.05, 0) is 42.9 Å². The molecule has 0 radical (unpaired) electrons. The van der Waals surface area contributed by atoms with Gasteiger partial charge in [0, 0.05) is 12.7 Å². The number of rotatable bonds is 3. The lowest BCUT2D eigenvalue weighted by Crippen LogP contribution is -2.22. The Kier molecular flexibility index (Phi) is 5.13. The van der Waals surface area contributed by atoms with Crippen LogP contribution in [0.15, 0.2) is 78.0 Å². The molecule has 0 spiro atoms. The van der Waals surface area contributed by atoms with E-state index in [1.807, 2.05) is 42.6 Å². The second kappa shape index (κ2) is 7.66. The van der Waals surface area contributed by atoms with E-state index in [1.165, 1.54) is 11.1 Å². The smallest absolute Gasteiger partial charge is 0.193 e. The molecular formula is C19H18N4S. The Balaban J connectivity index is 1.65. The van der Waals surface area contributed by atoms with Gasteiger partial charge in [0.05, 0.1) is 17.2 Å². The summed E-state index contributed by atoms with van der Waals surface area (Å²) >= 11 is 5.27. The molecule has 0 amide bonds. The standard InChI is InChI=1S/C19H18N4S/c1-15-7-9-16(10-8-15)13-20-19(24)22-17-11-12-23(21-14-17)18-5-3-2-4-6-18/h2-12,14H,13H2,1H3,(H,20,24)/b22-17-. The van der Waals surface area contributed by atoms with Crippen LogP contribution in [0.4, 0.5) is 0 Å². The summed E-state index contributed by atoms with van der Waals surface area (Å²) in [5.41, 5.74) is 3.42. The Morgan fingerprint density at radius 1 is 1.08 bits per heavy atom. The molecular weight excluding hydrogens is 316 g/mol. The zero-order valence-electron chi connectivity index (χ0n) is 13.4. The van der Waals surface area contributed by atoms with Crippen LogP contribution in [0, 0.1) is 6.92 Å². The first-order valence-corrected chi connectivity index (χ1v) is 8.10. The summed E-state index contributed by atoms with van der Waals surface area (Å²) in [4.78, 5) is 4.37. The highest BCUT2D eigenvalue weighted by atomic mass is 32.1. The first kappa shape index (κ1) is 16.1. The van der Waals surface area contributed by atoms with Crippen molar-refractivity contribution in [2.75, 3.05) is 0 Å². The number of hydrogen-bond acceptors (Lipinski definition) is 2. The van der Waals surface area contributed by atoms with Crippen LogP contribution in [0.25, 0.3) is 5.69 Å². The largest absolute Gasteiger partial charge is 0.357 e. The lowest BCUT2D eigenvalue weighted by atomic mass is 10.1. The predicted octanol–water partition coefficient (Wildman–Crippen LogP) is 3.16. The molecule has 0 aliphatic carbocycles. The Morgan fingerprint density at radius 3 is 2.50 bits per heavy atom. The molecule has 1 N–H and O–H groups in total. The molecule has 3 rings (SSSR count). The van der Waals surface area contributed by atoms with Crippen LogP contribution in [0.3, 0.4) is 0 Å². The number of hydrogen-bond donors (Lipinski definition) is 1. The maximum Gasteiger partial charge on any atom is 0.193 e. The highest BCUT2D eigenvalue weighted by molar-refractivity contribution is 7.80. The van der Waals surface area contributed by atoms with Gasteiger partial charge in [0.2, 0.25) is 0 Å². The molecule has 1 heterocycles. The first-order chi connectivity index (χ1) is 11.7. The van der Waals surface area contributed by atoms with Gasteiger partial charge in [-0.25, -0.2) is 9.67 Å². The maximum atomic E-state index is 5.27. The molecule has 0 fully saturated rings. The van der Waals surface area contributed by atoms with Crippen molar-refractivity contribution >= 4 is 17.3 Å². The lowest BCUT2D eigenvalue weighted by molar-refractivity contribution is 0.831. The van der Waals surface area contributed by atoms with Crippen molar-refractivity contribution in [2.24, 2.45) is 4.99 Å². The lowest BCUT2D eigenvalue weighted by Gasteiger charge is -2.05. The number of thiocarbonyl (C=S) groups is 1. The minimum absolute atomic E-state index is 0.454. The second-order valence-electron chi connectivity index (χ2n) is 5.42. The second-order valence-corrected chi connectivity index (χ2v) is 5.81. The number of aromatic nitrogens is 2. The Bertz CT molecular complexity index is 863. The summed E-state index contributed by atoms with van der Waals surface area (Å²) in [7, 11) is 0. The van der Waals surface area contributed by atoms with Gasteiger partial charge < -0.3 is 5.32 Å². The van der Waals surface area contributed by atoms with Gasteiger partial charge in [-0.3, -0.25) is 0 Å². The summed E-state index contributed by atoms with van der Waals surface area (Å²) in [6.45, 7) is 2.73. The summed E-state index contributed by atoms with van der Waals surface area (Å²) in [6.07, 6.45) is 3.57. The van der Waals surface area contributed by atoms with Crippen molar-refractivity contribution in [3.63, 3.8) is 0 Å². The summed E-state index contributed by atoms with van der Waals surface area (Å²) in [5.74, 6) is 0. The van der Waals surface area contributed by atoms with E-state index in [1.54, 1.807) is 10.9 Å². The van der Waals surface area contributed by atoms with Crippen LogP contribution in [0.5, 0.6) is 0 Å². The molecule has 2 aromatic carbocycles. The van der Waals surface area contributed by atoms with E-state index in [4.69, 9.17) is 12.2 Å². The Labute approximate surface area is 146 Å². The first-order valence-electron chi connectivity index (χ1n) is 7.69. The van der Waals surface area contributed by atoms with Crippen molar-refractivity contribution < 1.29 is 0 Å². The minimum atomic E-state index is 0.454. The molecule has 0 saturated heterocycles. The molecule has 0 atom stereocenters. The molecule has 24 heavy (non-hydrogen) atoms. The quantitative estimate of drug-likeness (QED) is 0.748. The van der Waals surface area contributed by atoms with Crippen molar-refractivity contribution in [1.82, 2.24) is 15.1 Å². The minimum Gasteiger partial charge on any atom is -0.357 e. The Morgan fingerprint density at radius 2 is 1.83 bits per heavy atom. The van der Waals surface area contributed by atoms with Gasteiger partial charge in [-0.2, -0.15) is 5.10 Å². The maximum absolute atomic E-state index is 5.27. The zero-order valence-corrected chi connectivity index (χ0v) is 14.2. The van der Waals surface area contributed by atoms with Crippen molar-refractivity contribution in [2.45, 2.75) is 13.5 Å². The number of nitrogens with one attached hydrogen (secondary N) is 1. The SMILES string of the molecule is Cc1ccc(CNC(=S)/N=c2/ccn(-c3ccccc3)nc2)cc1. The zero-order chi connectivity index (χ0) is 16.8. The van der Waals surface area contributed by atoms with E-state index in [9.17, 15) is 0 Å². The monoisotopic (exact) mass is 334 g/mol. The van der Waals surface area contributed by atoms with Gasteiger partial charge in [0.25, 0.3) is 0 Å². The fraction of sp³-hybridized carbons (Fsp3) is 0.105. The van der Waals surface area contributed by atoms with Crippen LogP contribution >= 0.6 is 12.2 Å². The van der Waals surface area contributed by atoms with E-state index < -0.39 is 0 Å². The average Bonchev–Trinajstić information content (AvgIpc) is 2.63. The number of aryl methyl sites for hydroxylation is 1. The van der Waals surface area contributed by atoms with Gasteiger partial charge in [0.1, 0.15) is 0 Å². The summed E-state index contributed by atoms with van der Waals surface area (Å²) in [6, 6.07) is 20.1. The highest BCUT2D eigenvalue weighted by Gasteiger charge is 1.96. The molecule has 0 bridgehead atoms. The summed E-state index contributed by atoms with van der Waals surface area (Å²) in [5, 5.41) is 8.69. The molecule has 1 aromatic heterocycles. The number of nitrogens with zero attached hydrogens (tertiary/aromatic N) is 3. The molecule has 5 heteroatoms. The fourth-order valence-electron chi connectivity index (χ4n) is 2.19. The third-order valence-electron chi connectivity index (χ3n) is 3.52. The highest BCUT2D eigenvalue weighted by Crippen LogP contribution is 2.03. The molecule has 0 aliphatic heterocycles. The van der Waals surface area contributed by atoms with Crippen molar-refractivity contribution in [1.29, 1.82) is 0 Å².